The number of rotatable bonds is 4. The van der Waals surface area contributed by atoms with Crippen molar-refractivity contribution < 1.29 is 9.66 Å². The first-order chi connectivity index (χ1) is 9.13. The molecule has 1 saturated heterocycles. The van der Waals surface area contributed by atoms with Crippen LogP contribution < -0.4 is 15.4 Å². The van der Waals surface area contributed by atoms with E-state index in [9.17, 15) is 10.1 Å². The zero-order valence-corrected chi connectivity index (χ0v) is 11.0. The summed E-state index contributed by atoms with van der Waals surface area (Å²) in [4.78, 5) is 12.7. The average molecular weight is 265 g/mol. The van der Waals surface area contributed by atoms with E-state index in [-0.39, 0.29) is 5.69 Å². The third-order valence-corrected chi connectivity index (χ3v) is 3.54. The van der Waals surface area contributed by atoms with Gasteiger partial charge in [0.25, 0.3) is 5.69 Å². The van der Waals surface area contributed by atoms with Crippen molar-refractivity contribution in [2.75, 3.05) is 31.6 Å². The smallest absolute Gasteiger partial charge is 0.275 e. The molecule has 0 aliphatic carbocycles. The maximum atomic E-state index is 10.9. The van der Waals surface area contributed by atoms with Gasteiger partial charge in [0.2, 0.25) is 0 Å². The van der Waals surface area contributed by atoms with Gasteiger partial charge in [0.05, 0.1) is 18.1 Å². The van der Waals surface area contributed by atoms with E-state index in [0.717, 1.165) is 31.6 Å². The Bertz CT molecular complexity index is 464. The second kappa shape index (κ2) is 5.88. The van der Waals surface area contributed by atoms with Crippen LogP contribution in [0.5, 0.6) is 5.75 Å². The van der Waals surface area contributed by atoms with Crippen molar-refractivity contribution in [3.8, 4) is 5.75 Å². The van der Waals surface area contributed by atoms with Gasteiger partial charge in [-0.05, 0) is 25.3 Å². The van der Waals surface area contributed by atoms with Gasteiger partial charge in [-0.3, -0.25) is 10.1 Å². The molecule has 1 aliphatic heterocycles. The molecule has 19 heavy (non-hydrogen) atoms. The van der Waals surface area contributed by atoms with Gasteiger partial charge < -0.3 is 15.4 Å². The van der Waals surface area contributed by atoms with Gasteiger partial charge in [-0.15, -0.1) is 0 Å². The van der Waals surface area contributed by atoms with E-state index in [1.807, 2.05) is 6.07 Å². The first-order valence-electron chi connectivity index (χ1n) is 6.42. The highest BCUT2D eigenvalue weighted by molar-refractivity contribution is 5.58. The second-order valence-electron chi connectivity index (χ2n) is 4.84. The minimum Gasteiger partial charge on any atom is -0.496 e. The topological polar surface area (TPSA) is 81.6 Å². The summed E-state index contributed by atoms with van der Waals surface area (Å²) in [6.45, 7) is 2.41. The molecule has 0 amide bonds. The van der Waals surface area contributed by atoms with Crippen LogP contribution in [0.4, 0.5) is 11.4 Å². The van der Waals surface area contributed by atoms with Gasteiger partial charge in [0, 0.05) is 30.9 Å². The highest BCUT2D eigenvalue weighted by Crippen LogP contribution is 2.30. The van der Waals surface area contributed by atoms with E-state index in [1.165, 1.54) is 13.2 Å². The lowest BCUT2D eigenvalue weighted by Gasteiger charge is -2.33. The Morgan fingerprint density at radius 3 is 2.95 bits per heavy atom. The van der Waals surface area contributed by atoms with Crippen molar-refractivity contribution in [1.29, 1.82) is 0 Å². The number of piperidine rings is 1. The quantitative estimate of drug-likeness (QED) is 0.663. The Morgan fingerprint density at radius 1 is 1.53 bits per heavy atom. The Labute approximate surface area is 112 Å². The summed E-state index contributed by atoms with van der Waals surface area (Å²) in [6.07, 6.45) is 2.19. The molecule has 0 aromatic heterocycles. The standard InChI is InChI=1S/C13H19N3O3/c1-19-13-6-11(5-12(7-13)16(17)18)15-4-2-3-10(8-14)9-15/h5-7,10H,2-4,8-9,14H2,1H3. The number of methoxy groups -OCH3 is 1. The third kappa shape index (κ3) is 3.14. The maximum absolute atomic E-state index is 10.9. The number of nitrogens with zero attached hydrogens (tertiary/aromatic N) is 2. The first-order valence-corrected chi connectivity index (χ1v) is 6.42. The molecule has 2 rings (SSSR count). The number of nitrogens with two attached hydrogens (primary N) is 1. The van der Waals surface area contributed by atoms with Gasteiger partial charge >= 0.3 is 0 Å². The Hall–Kier alpha value is -1.82. The number of nitro benzene ring substituents is 1. The summed E-state index contributed by atoms with van der Waals surface area (Å²) in [6, 6.07) is 4.88. The zero-order chi connectivity index (χ0) is 13.8. The molecule has 0 spiro atoms. The molecule has 1 heterocycles. The number of ether oxygens (including phenoxy) is 1. The van der Waals surface area contributed by atoms with Crippen LogP contribution in [0.1, 0.15) is 12.8 Å². The van der Waals surface area contributed by atoms with Gasteiger partial charge in [0.1, 0.15) is 5.75 Å². The van der Waals surface area contributed by atoms with E-state index < -0.39 is 4.92 Å². The van der Waals surface area contributed by atoms with Crippen LogP contribution in [0.3, 0.4) is 0 Å². The molecule has 0 radical (unpaired) electrons. The fourth-order valence-corrected chi connectivity index (χ4v) is 2.47. The molecule has 1 aromatic carbocycles. The van der Waals surface area contributed by atoms with Crippen LogP contribution in [-0.4, -0.2) is 31.7 Å². The summed E-state index contributed by atoms with van der Waals surface area (Å²) in [5.74, 6) is 0.970. The molecule has 0 saturated carbocycles. The van der Waals surface area contributed by atoms with E-state index in [4.69, 9.17) is 10.5 Å². The molecule has 2 N–H and O–H groups in total. The number of hydrogen-bond acceptors (Lipinski definition) is 5. The van der Waals surface area contributed by atoms with E-state index >= 15 is 0 Å². The highest BCUT2D eigenvalue weighted by Gasteiger charge is 2.21. The molecule has 1 aliphatic rings. The Balaban J connectivity index is 2.27. The molecule has 104 valence electrons. The molecule has 1 atom stereocenters. The van der Waals surface area contributed by atoms with Crippen LogP contribution in [0, 0.1) is 16.0 Å². The SMILES string of the molecule is COc1cc(N2CCCC(CN)C2)cc([N+](=O)[O-])c1. The highest BCUT2D eigenvalue weighted by atomic mass is 16.6. The minimum absolute atomic E-state index is 0.0595. The van der Waals surface area contributed by atoms with Crippen molar-refractivity contribution in [3.05, 3.63) is 28.3 Å². The van der Waals surface area contributed by atoms with Crippen LogP contribution in [0.25, 0.3) is 0 Å². The molecule has 6 nitrogen and oxygen atoms in total. The number of anilines is 1. The van der Waals surface area contributed by atoms with E-state index in [2.05, 4.69) is 4.90 Å². The van der Waals surface area contributed by atoms with E-state index in [1.54, 1.807) is 6.07 Å². The lowest BCUT2D eigenvalue weighted by atomic mass is 9.98. The van der Waals surface area contributed by atoms with Crippen LogP contribution >= 0.6 is 0 Å². The first kappa shape index (κ1) is 13.6. The molecular formula is C13H19N3O3. The predicted molar refractivity (Wildman–Crippen MR) is 73.6 cm³/mol. The number of benzene rings is 1. The van der Waals surface area contributed by atoms with E-state index in [0.29, 0.717) is 18.2 Å². The molecule has 1 fully saturated rings. The largest absolute Gasteiger partial charge is 0.496 e. The maximum Gasteiger partial charge on any atom is 0.275 e. The van der Waals surface area contributed by atoms with Crippen LogP contribution in [0.15, 0.2) is 18.2 Å². The van der Waals surface area contributed by atoms with Crippen molar-refractivity contribution in [2.24, 2.45) is 11.7 Å². The Kier molecular flexibility index (Phi) is 4.21. The number of nitro groups is 1. The lowest BCUT2D eigenvalue weighted by Crippen LogP contribution is -2.38. The zero-order valence-electron chi connectivity index (χ0n) is 11.0. The monoisotopic (exact) mass is 265 g/mol. The van der Waals surface area contributed by atoms with Crippen molar-refractivity contribution in [1.82, 2.24) is 0 Å². The normalized spacial score (nSPS) is 19.3. The van der Waals surface area contributed by atoms with Gasteiger partial charge in [-0.1, -0.05) is 0 Å². The van der Waals surface area contributed by atoms with Crippen LogP contribution in [0.2, 0.25) is 0 Å². The summed E-state index contributed by atoms with van der Waals surface area (Å²) in [7, 11) is 1.52. The fraction of sp³-hybridized carbons (Fsp3) is 0.538. The lowest BCUT2D eigenvalue weighted by molar-refractivity contribution is -0.384. The molecular weight excluding hydrogens is 246 g/mol. The van der Waals surface area contributed by atoms with Gasteiger partial charge in [-0.25, -0.2) is 0 Å². The Morgan fingerprint density at radius 2 is 2.32 bits per heavy atom. The van der Waals surface area contributed by atoms with Crippen molar-refractivity contribution >= 4 is 11.4 Å². The molecule has 0 bridgehead atoms. The number of hydrogen-bond donors (Lipinski definition) is 1. The van der Waals surface area contributed by atoms with Crippen molar-refractivity contribution in [2.45, 2.75) is 12.8 Å². The summed E-state index contributed by atoms with van der Waals surface area (Å²) >= 11 is 0. The molecule has 1 aromatic rings. The predicted octanol–water partition coefficient (Wildman–Crippen LogP) is 1.78. The van der Waals surface area contributed by atoms with Gasteiger partial charge in [-0.2, -0.15) is 0 Å². The summed E-state index contributed by atoms with van der Waals surface area (Å²) in [5, 5.41) is 10.9. The minimum atomic E-state index is -0.392. The average Bonchev–Trinajstić information content (AvgIpc) is 2.46. The van der Waals surface area contributed by atoms with Gasteiger partial charge in [0.15, 0.2) is 0 Å². The van der Waals surface area contributed by atoms with Crippen molar-refractivity contribution in [3.63, 3.8) is 0 Å². The summed E-state index contributed by atoms with van der Waals surface area (Å²) < 4.78 is 5.13. The third-order valence-electron chi connectivity index (χ3n) is 3.54. The molecule has 1 unspecified atom stereocenters. The van der Waals surface area contributed by atoms with Crippen LogP contribution in [-0.2, 0) is 0 Å². The molecule has 6 heteroatoms. The summed E-state index contributed by atoms with van der Waals surface area (Å²) in [5.41, 5.74) is 6.61. The second-order valence-corrected chi connectivity index (χ2v) is 4.84. The fourth-order valence-electron chi connectivity index (χ4n) is 2.47. The number of non-ortho nitro benzene ring substituents is 1.